The second-order valence-corrected chi connectivity index (χ2v) is 5.98. The number of rotatable bonds is 4. The molecule has 17 heavy (non-hydrogen) atoms. The summed E-state index contributed by atoms with van der Waals surface area (Å²) in [5.41, 5.74) is 1.14. The first-order valence-electron chi connectivity index (χ1n) is 6.64. The minimum Gasteiger partial charge on any atom is -0.374 e. The molecule has 1 saturated heterocycles. The molecule has 94 valence electrons. The van der Waals surface area contributed by atoms with Crippen LogP contribution in [0.1, 0.15) is 31.9 Å². The van der Waals surface area contributed by atoms with Gasteiger partial charge in [-0.25, -0.2) is 0 Å². The summed E-state index contributed by atoms with van der Waals surface area (Å²) >= 11 is 1.48. The molecule has 0 amide bonds. The molecule has 4 nitrogen and oxygen atoms in total. The Morgan fingerprint density at radius 1 is 1.35 bits per heavy atom. The minimum atomic E-state index is 0.947. The first-order valence-corrected chi connectivity index (χ1v) is 7.41. The molecule has 2 aliphatic rings. The van der Waals surface area contributed by atoms with Gasteiger partial charge in [0.05, 0.1) is 0 Å². The standard InChI is InChI=1S/C12H20N4S/c1-2-13-12-11(14-15-17-12)8-16-6-9-4-3-5-10(9)7-16/h9-10,13H,2-8H2,1H3. The number of hydrogen-bond acceptors (Lipinski definition) is 5. The van der Waals surface area contributed by atoms with E-state index in [9.17, 15) is 0 Å². The zero-order chi connectivity index (χ0) is 11.7. The van der Waals surface area contributed by atoms with Crippen LogP contribution in [-0.4, -0.2) is 34.1 Å². The van der Waals surface area contributed by atoms with Gasteiger partial charge in [0.1, 0.15) is 10.7 Å². The van der Waals surface area contributed by atoms with Gasteiger partial charge in [-0.1, -0.05) is 10.9 Å². The van der Waals surface area contributed by atoms with Crippen molar-refractivity contribution in [2.24, 2.45) is 11.8 Å². The molecule has 1 aliphatic carbocycles. The largest absolute Gasteiger partial charge is 0.374 e. The molecule has 2 fully saturated rings. The maximum atomic E-state index is 4.26. The summed E-state index contributed by atoms with van der Waals surface area (Å²) in [6.45, 7) is 6.58. The molecule has 1 aromatic rings. The average Bonchev–Trinajstić information content (AvgIpc) is 2.95. The third-order valence-electron chi connectivity index (χ3n) is 4.07. The first-order chi connectivity index (χ1) is 8.36. The third-order valence-corrected chi connectivity index (χ3v) is 4.79. The zero-order valence-corrected chi connectivity index (χ0v) is 11.2. The summed E-state index contributed by atoms with van der Waals surface area (Å²) in [7, 11) is 0. The van der Waals surface area contributed by atoms with Crippen LogP contribution in [0.25, 0.3) is 0 Å². The van der Waals surface area contributed by atoms with Crippen molar-refractivity contribution in [3.63, 3.8) is 0 Å². The monoisotopic (exact) mass is 252 g/mol. The second-order valence-electron chi connectivity index (χ2n) is 5.22. The van der Waals surface area contributed by atoms with Crippen molar-refractivity contribution >= 4 is 16.5 Å². The van der Waals surface area contributed by atoms with Crippen molar-refractivity contribution in [2.75, 3.05) is 25.0 Å². The molecule has 1 N–H and O–H groups in total. The van der Waals surface area contributed by atoms with Gasteiger partial charge < -0.3 is 5.32 Å². The number of fused-ring (bicyclic) bond motifs is 1. The van der Waals surface area contributed by atoms with Crippen molar-refractivity contribution in [1.82, 2.24) is 14.5 Å². The van der Waals surface area contributed by atoms with Crippen molar-refractivity contribution in [2.45, 2.75) is 32.7 Å². The van der Waals surface area contributed by atoms with E-state index in [1.54, 1.807) is 0 Å². The summed E-state index contributed by atoms with van der Waals surface area (Å²) in [6, 6.07) is 0. The highest BCUT2D eigenvalue weighted by Gasteiger charge is 2.36. The predicted molar refractivity (Wildman–Crippen MR) is 70.2 cm³/mol. The van der Waals surface area contributed by atoms with E-state index in [0.29, 0.717) is 0 Å². The lowest BCUT2D eigenvalue weighted by atomic mass is 10.0. The quantitative estimate of drug-likeness (QED) is 0.892. The van der Waals surface area contributed by atoms with Gasteiger partial charge in [0.15, 0.2) is 0 Å². The molecular formula is C12H20N4S. The first kappa shape index (κ1) is 11.4. The van der Waals surface area contributed by atoms with E-state index < -0.39 is 0 Å². The van der Waals surface area contributed by atoms with Crippen LogP contribution in [0.4, 0.5) is 5.00 Å². The topological polar surface area (TPSA) is 41.1 Å². The van der Waals surface area contributed by atoms with Crippen LogP contribution in [-0.2, 0) is 6.54 Å². The smallest absolute Gasteiger partial charge is 0.134 e. The molecular weight excluding hydrogens is 232 g/mol. The van der Waals surface area contributed by atoms with Gasteiger partial charge in [0.2, 0.25) is 0 Å². The zero-order valence-electron chi connectivity index (χ0n) is 10.4. The molecule has 2 heterocycles. The van der Waals surface area contributed by atoms with Crippen LogP contribution in [0, 0.1) is 11.8 Å². The lowest BCUT2D eigenvalue weighted by molar-refractivity contribution is 0.300. The number of anilines is 1. The Bertz CT molecular complexity index is 366. The van der Waals surface area contributed by atoms with E-state index in [4.69, 9.17) is 0 Å². The van der Waals surface area contributed by atoms with Crippen molar-refractivity contribution < 1.29 is 0 Å². The maximum Gasteiger partial charge on any atom is 0.134 e. The second kappa shape index (κ2) is 4.90. The van der Waals surface area contributed by atoms with E-state index in [2.05, 4.69) is 26.7 Å². The Morgan fingerprint density at radius 2 is 2.12 bits per heavy atom. The molecule has 1 aromatic heterocycles. The van der Waals surface area contributed by atoms with Gasteiger partial charge in [-0.2, -0.15) is 0 Å². The summed E-state index contributed by atoms with van der Waals surface area (Å²) in [4.78, 5) is 2.56. The summed E-state index contributed by atoms with van der Waals surface area (Å²) in [5, 5.41) is 8.76. The van der Waals surface area contributed by atoms with E-state index >= 15 is 0 Å². The number of hydrogen-bond donors (Lipinski definition) is 1. The van der Waals surface area contributed by atoms with Crippen LogP contribution in [0.15, 0.2) is 0 Å². The average molecular weight is 252 g/mol. The molecule has 2 atom stereocenters. The number of nitrogens with one attached hydrogen (secondary N) is 1. The summed E-state index contributed by atoms with van der Waals surface area (Å²) in [6.07, 6.45) is 4.33. The SMILES string of the molecule is CCNc1snnc1CN1CC2CCCC2C1. The number of nitrogens with zero attached hydrogens (tertiary/aromatic N) is 3. The van der Waals surface area contributed by atoms with E-state index in [0.717, 1.165) is 35.6 Å². The summed E-state index contributed by atoms with van der Waals surface area (Å²) < 4.78 is 4.06. The van der Waals surface area contributed by atoms with Crippen LogP contribution < -0.4 is 5.32 Å². The Morgan fingerprint density at radius 3 is 2.82 bits per heavy atom. The molecule has 1 saturated carbocycles. The summed E-state index contributed by atoms with van der Waals surface area (Å²) in [5.74, 6) is 1.92. The van der Waals surface area contributed by atoms with Crippen LogP contribution in [0.2, 0.25) is 0 Å². The van der Waals surface area contributed by atoms with E-state index in [-0.39, 0.29) is 0 Å². The maximum absolute atomic E-state index is 4.26. The van der Waals surface area contributed by atoms with Crippen LogP contribution in [0.5, 0.6) is 0 Å². The van der Waals surface area contributed by atoms with Gasteiger partial charge >= 0.3 is 0 Å². The van der Waals surface area contributed by atoms with Gasteiger partial charge in [0.25, 0.3) is 0 Å². The molecule has 0 spiro atoms. The number of likely N-dealkylation sites (tertiary alicyclic amines) is 1. The van der Waals surface area contributed by atoms with Crippen molar-refractivity contribution in [3.8, 4) is 0 Å². The van der Waals surface area contributed by atoms with Crippen LogP contribution >= 0.6 is 11.5 Å². The fourth-order valence-electron chi connectivity index (χ4n) is 3.28. The highest BCUT2D eigenvalue weighted by atomic mass is 32.1. The van der Waals surface area contributed by atoms with Crippen LogP contribution in [0.3, 0.4) is 0 Å². The molecule has 3 rings (SSSR count). The Hall–Kier alpha value is -0.680. The lowest BCUT2D eigenvalue weighted by Crippen LogP contribution is -2.22. The highest BCUT2D eigenvalue weighted by molar-refractivity contribution is 7.10. The van der Waals surface area contributed by atoms with Gasteiger partial charge in [-0.3, -0.25) is 4.90 Å². The van der Waals surface area contributed by atoms with Gasteiger partial charge in [0, 0.05) is 37.7 Å². The third kappa shape index (κ3) is 2.31. The molecule has 0 aromatic carbocycles. The van der Waals surface area contributed by atoms with E-state index in [1.165, 1.54) is 43.9 Å². The predicted octanol–water partition coefficient (Wildman–Crippen LogP) is 2.20. The Kier molecular flexibility index (Phi) is 3.29. The fraction of sp³-hybridized carbons (Fsp3) is 0.833. The normalized spacial score (nSPS) is 28.5. The molecule has 0 bridgehead atoms. The molecule has 1 aliphatic heterocycles. The Labute approximate surface area is 107 Å². The molecule has 5 heteroatoms. The fourth-order valence-corrected chi connectivity index (χ4v) is 3.92. The minimum absolute atomic E-state index is 0.947. The van der Waals surface area contributed by atoms with Crippen molar-refractivity contribution in [3.05, 3.63) is 5.69 Å². The number of aromatic nitrogens is 2. The van der Waals surface area contributed by atoms with E-state index in [1.807, 2.05) is 0 Å². The molecule has 0 radical (unpaired) electrons. The van der Waals surface area contributed by atoms with Gasteiger partial charge in [-0.05, 0) is 31.6 Å². The van der Waals surface area contributed by atoms with Crippen molar-refractivity contribution in [1.29, 1.82) is 0 Å². The highest BCUT2D eigenvalue weighted by Crippen LogP contribution is 2.38. The lowest BCUT2D eigenvalue weighted by Gasteiger charge is -2.15. The van der Waals surface area contributed by atoms with Gasteiger partial charge in [-0.15, -0.1) is 5.10 Å². The molecule has 2 unspecified atom stereocenters. The Balaban J connectivity index is 1.61.